The zero-order chi connectivity index (χ0) is 142. The first-order valence-electron chi connectivity index (χ1n) is 69.9. The van der Waals surface area contributed by atoms with Crippen molar-refractivity contribution in [3.8, 4) is 57.5 Å². The predicted octanol–water partition coefficient (Wildman–Crippen LogP) is 15.5. The molecule has 646 valence electrons. The molecule has 5 N–H and O–H groups in total. The second-order valence-electron chi connectivity index (χ2n) is 29.2. The van der Waals surface area contributed by atoms with Gasteiger partial charge in [0.15, 0.2) is 57.5 Å². The van der Waals surface area contributed by atoms with Crippen LogP contribution in [-0.4, -0.2) is 216 Å². The SMILES string of the molecule is [2H]C([2H])([2H])Oc1cc2c(cc1OC)C([2H])([2H])C([2H])([2H])N1C([2H])([2H])C([2H])(CC(C)C)C([2H])(O)C([2H])([2H])C21[2H].[2H]C([2H])([2H])Oc1cc2c(cc1OC)C([2H])([2H])C([2H])([2H])N1C2([2H])CC(O)C(CC(C)C)C1([2H])[2H].[2H]C([2H])([2H])Oc1cc2c(cc1OC)C([2H])([2H])C([2H])([2H])N1C2([2H])CC([2H])(O)C([2H])(C([2H])([2H])C(C)(C([2H])([2H])[2H])C([2H])([2H])[2H])C1([2H])[2H].[2H]C1([2H])c2cc(OC)c(OC)cc2C2([2H])N(C1([2H])[2H])C([2H])([2H])C([2H])(CC(C)C)C([2H])(O)C2([2H])[2H].[2H]C1([2H])c2cc(OC)c(OC)cc2C2([2H])N(C1([2H])[2H])C([2H])([2H])C([2H])(CC(C)C)C([2H])(O)C2([2H])[2H]. The maximum Gasteiger partial charge on any atom is 0.161 e. The van der Waals surface area contributed by atoms with Crippen molar-refractivity contribution in [3.05, 3.63) is 116 Å². The zero-order valence-corrected chi connectivity index (χ0v) is 67.0. The van der Waals surface area contributed by atoms with Crippen molar-refractivity contribution in [1.29, 1.82) is 0 Å². The highest BCUT2D eigenvalue weighted by molar-refractivity contribution is 5.54. The number of benzene rings is 5. The molecule has 15 atom stereocenters. The second-order valence-corrected chi connectivity index (χ2v) is 29.2. The number of nitrogens with zero attached hydrogens (tertiary/aromatic N) is 5. The third-order valence-corrected chi connectivity index (χ3v) is 18.7. The van der Waals surface area contributed by atoms with Crippen LogP contribution in [0.3, 0.4) is 0 Å². The van der Waals surface area contributed by atoms with Crippen LogP contribution >= 0.6 is 0 Å². The van der Waals surface area contributed by atoms with Gasteiger partial charge in [-0.1, -0.05) is 76.0 Å². The van der Waals surface area contributed by atoms with Crippen molar-refractivity contribution in [3.63, 3.8) is 0 Å². The summed E-state index contributed by atoms with van der Waals surface area (Å²) >= 11 is 0. The Labute approximate surface area is 788 Å². The highest BCUT2D eigenvalue weighted by Crippen LogP contribution is 2.51. The van der Waals surface area contributed by atoms with Gasteiger partial charge in [-0.3, -0.25) is 24.5 Å². The molecule has 10 aliphatic rings. The summed E-state index contributed by atoms with van der Waals surface area (Å²) in [5.74, 6) is -18.9. The lowest BCUT2D eigenvalue weighted by Crippen LogP contribution is -2.48. The van der Waals surface area contributed by atoms with Gasteiger partial charge in [-0.25, -0.2) is 0 Å². The first-order chi connectivity index (χ1) is 80.4. The summed E-state index contributed by atoms with van der Waals surface area (Å²) in [6, 6.07) is -5.81. The number of aliphatic hydroxyl groups excluding tert-OH is 1. The number of ether oxygens (including phenoxy) is 10. The number of piperidine rings is 5. The largest absolute Gasteiger partial charge is 0.493 e. The molecule has 5 aromatic rings. The van der Waals surface area contributed by atoms with Crippen LogP contribution in [-0.2, 0) is 31.9 Å². The predicted molar refractivity (Wildman–Crippen MR) is 460 cm³/mol. The summed E-state index contributed by atoms with van der Waals surface area (Å²) in [6.45, 7) is -28.5. The fraction of sp³-hybridized carbons (Fsp3) is 0.688. The molecular formula is C96H147N5O15. The molecule has 20 heteroatoms. The van der Waals surface area contributed by atoms with E-state index in [4.69, 9.17) is 131 Å². The van der Waals surface area contributed by atoms with E-state index in [1.165, 1.54) is 49.4 Å². The number of fused-ring (bicyclic) bond motifs is 15. The van der Waals surface area contributed by atoms with Crippen LogP contribution in [0.5, 0.6) is 57.5 Å². The second kappa shape index (κ2) is 40.4. The number of hydrogen-bond donors (Lipinski definition) is 5. The van der Waals surface area contributed by atoms with Crippen LogP contribution in [0.4, 0.5) is 0 Å². The van der Waals surface area contributed by atoms with Gasteiger partial charge in [-0.2, -0.15) is 0 Å². The Balaban J connectivity index is 0.000000212. The fourth-order valence-electron chi connectivity index (χ4n) is 13.3. The van der Waals surface area contributed by atoms with Gasteiger partial charge in [-0.15, -0.1) is 0 Å². The molecule has 20 nitrogen and oxygen atoms in total. The molecule has 5 saturated heterocycles. The third-order valence-electron chi connectivity index (χ3n) is 18.7. The molecule has 0 radical (unpaired) electrons. The van der Waals surface area contributed by atoms with Gasteiger partial charge in [0.25, 0.3) is 0 Å². The van der Waals surface area contributed by atoms with E-state index in [1.54, 1.807) is 27.7 Å². The number of aliphatic hydroxyl groups is 5. The first kappa shape index (κ1) is 37.6. The summed E-state index contributed by atoms with van der Waals surface area (Å²) in [6.07, 6.45) is -50.0. The van der Waals surface area contributed by atoms with Crippen LogP contribution in [0.25, 0.3) is 0 Å². The first-order valence-corrected chi connectivity index (χ1v) is 36.9. The Hall–Kier alpha value is -6.30. The smallest absolute Gasteiger partial charge is 0.161 e. The molecule has 0 aliphatic carbocycles. The van der Waals surface area contributed by atoms with Crippen molar-refractivity contribution < 1.29 is 163 Å². The normalized spacial score (nSPS) is 52.6. The maximum atomic E-state index is 11.5. The van der Waals surface area contributed by atoms with Crippen LogP contribution in [0, 0.1) is 58.6 Å². The van der Waals surface area contributed by atoms with Gasteiger partial charge in [0.1, 0.15) is 0 Å². The molecule has 10 heterocycles. The molecule has 10 aliphatic heterocycles. The van der Waals surface area contributed by atoms with Crippen LogP contribution in [0.15, 0.2) is 60.7 Å². The standard InChI is InChI=1S/C20H31NO3.4C19H29NO3/c1-20(2,3)11-14-12-21-7-6-13-8-18(23-4)19(24-5)9-15(13)16(21)10-17(14)22;4*1-12(2)7-14-11-20-6-5-13-8-18(22-3)19(23-4)9-15(13)16(20)10-17(14)21/h8-9,14,16-17,22H,6-7,10-12H2,1-5H3;4*8-9,12,14,16-17,21H,5-7,10-11H2,1-4H3/i1D3,2D3,5D3,6D2,7D2,11D2,12D2,14D,16D,17D;4D3,5D2,6D2,10D2,11D2,14D,16D,17D;2*5D2,6D2,10D2,11D2,14D,16D,17D;4D3,5D2,6D2,11D2,16D. The molecule has 0 spiro atoms. The van der Waals surface area contributed by atoms with E-state index in [9.17, 15) is 32.4 Å². The van der Waals surface area contributed by atoms with Gasteiger partial charge in [0, 0.05) is 161 Å². The minimum absolute atomic E-state index is 0.0341. The monoisotopic (exact) mass is 1680 g/mol. The topological polar surface area (TPSA) is 210 Å². The van der Waals surface area contributed by atoms with Gasteiger partial charge in [0.05, 0.1) is 126 Å². The Bertz CT molecular complexity index is 7080. The van der Waals surface area contributed by atoms with Gasteiger partial charge < -0.3 is 72.9 Å². The summed E-state index contributed by atoms with van der Waals surface area (Å²) in [5.41, 5.74) is -9.28. The van der Waals surface area contributed by atoms with Crippen molar-refractivity contribution >= 4 is 0 Å². The number of rotatable bonds is 19. The molecular weight excluding hydrogens is 1460 g/mol. The van der Waals surface area contributed by atoms with E-state index in [1.807, 2.05) is 13.8 Å². The lowest BCUT2D eigenvalue weighted by Gasteiger charge is -2.47. The van der Waals surface area contributed by atoms with Crippen molar-refractivity contribution in [2.75, 3.05) is 136 Å². The quantitative estimate of drug-likeness (QED) is 0.0520. The van der Waals surface area contributed by atoms with Crippen molar-refractivity contribution in [2.24, 2.45) is 58.6 Å². The molecule has 0 saturated carbocycles. The van der Waals surface area contributed by atoms with Crippen LogP contribution in [0.2, 0.25) is 0 Å². The summed E-state index contributed by atoms with van der Waals surface area (Å²) in [4.78, 5) is 0.271. The maximum absolute atomic E-state index is 11.5. The van der Waals surface area contributed by atoms with Gasteiger partial charge in [-0.05, 0) is 271 Å². The molecule has 5 aromatic carbocycles. The lowest BCUT2D eigenvalue weighted by molar-refractivity contribution is -0.0259. The van der Waals surface area contributed by atoms with Crippen LogP contribution < -0.4 is 47.4 Å². The summed E-state index contributed by atoms with van der Waals surface area (Å²) in [7, 11) is -0.806. The average molecular weight is 1680 g/mol. The highest BCUT2D eigenvalue weighted by Gasteiger charge is 2.45. The van der Waals surface area contributed by atoms with Gasteiger partial charge in [0.2, 0.25) is 0 Å². The molecule has 0 amide bonds. The van der Waals surface area contributed by atoms with Gasteiger partial charge >= 0.3 is 0 Å². The van der Waals surface area contributed by atoms with E-state index in [0.29, 0.717) is 17.9 Å². The Morgan fingerprint density at radius 2 is 0.621 bits per heavy atom. The van der Waals surface area contributed by atoms with E-state index >= 15 is 0 Å². The highest BCUT2D eigenvalue weighted by atomic mass is 16.5. The molecule has 0 aromatic heterocycles. The number of hydrogen-bond acceptors (Lipinski definition) is 20. The average Bonchev–Trinajstić information content (AvgIpc) is 0.646. The van der Waals surface area contributed by atoms with Crippen molar-refractivity contribution in [1.82, 2.24) is 24.5 Å². The fourth-order valence-corrected chi connectivity index (χ4v) is 13.3. The summed E-state index contributed by atoms with van der Waals surface area (Å²) in [5, 5.41) is 56.0. The van der Waals surface area contributed by atoms with Crippen molar-refractivity contribution in [2.45, 2.75) is 232 Å². The molecule has 0 bridgehead atoms. The lowest BCUT2D eigenvalue weighted by atomic mass is 9.75. The van der Waals surface area contributed by atoms with E-state index < -0.39 is 364 Å². The number of aryl methyl sites for hydroxylation is 5. The summed E-state index contributed by atoms with van der Waals surface area (Å²) < 4.78 is 612. The molecule has 5 fully saturated rings. The minimum atomic E-state index is -4.28. The van der Waals surface area contributed by atoms with E-state index in [-0.39, 0.29) is 83.3 Å². The molecule has 15 rings (SSSR count). The minimum Gasteiger partial charge on any atom is -0.493 e. The van der Waals surface area contributed by atoms with Crippen LogP contribution in [0.1, 0.15) is 316 Å². The zero-order valence-electron chi connectivity index (χ0n) is 133. The molecule has 15 unspecified atom stereocenters. The Morgan fingerprint density at radius 3 is 0.905 bits per heavy atom. The van der Waals surface area contributed by atoms with E-state index in [0.717, 1.165) is 68.8 Å². The van der Waals surface area contributed by atoms with E-state index in [2.05, 4.69) is 0 Å². The Morgan fingerprint density at radius 1 is 0.362 bits per heavy atom. The molecule has 116 heavy (non-hydrogen) atoms. The third kappa shape index (κ3) is 21.3. The number of methoxy groups -OCH3 is 10. The Kier molecular flexibility index (Phi) is 13.1.